The number of carbonyl (C=O) groups is 1. The Morgan fingerprint density at radius 2 is 2.06 bits per heavy atom. The molecule has 0 spiro atoms. The Morgan fingerprint density at radius 1 is 1.47 bits per heavy atom. The summed E-state index contributed by atoms with van der Waals surface area (Å²) in [4.78, 5) is 11.1. The lowest BCUT2D eigenvalue weighted by Crippen LogP contribution is -2.18. The molecule has 0 N–H and O–H groups in total. The Kier molecular flexibility index (Phi) is 3.78. The molecule has 0 saturated carbocycles. The second-order valence-corrected chi connectivity index (χ2v) is 3.81. The molecular weight excluding hydrogens is 303 g/mol. The maximum atomic E-state index is 12.1. The Hall–Kier alpha value is -1.55. The first kappa shape index (κ1) is 13.5. The number of ether oxygens (including phenoxy) is 1. The lowest BCUT2D eigenvalue weighted by atomic mass is 10.1. The summed E-state index contributed by atoms with van der Waals surface area (Å²) in [5, 5.41) is 8.67. The quantitative estimate of drug-likeness (QED) is 0.787. The predicted octanol–water partition coefficient (Wildman–Crippen LogP) is 3.42. The first-order chi connectivity index (χ1) is 7.76. The third-order valence-corrected chi connectivity index (χ3v) is 2.60. The Balaban J connectivity index is 3.39. The number of halogens is 4. The molecule has 0 aliphatic carbocycles. The van der Waals surface area contributed by atoms with Gasteiger partial charge in [-0.15, -0.1) is 13.2 Å². The summed E-state index contributed by atoms with van der Waals surface area (Å²) in [5.41, 5.74) is -0.289. The van der Waals surface area contributed by atoms with Crippen molar-refractivity contribution in [1.82, 2.24) is 0 Å². The molecule has 1 aromatic rings. The van der Waals surface area contributed by atoms with E-state index in [0.717, 1.165) is 6.07 Å². The largest absolute Gasteiger partial charge is 0.573 e. The van der Waals surface area contributed by atoms with Crippen LogP contribution in [0.25, 0.3) is 0 Å². The van der Waals surface area contributed by atoms with Gasteiger partial charge in [-0.25, -0.2) is 0 Å². The van der Waals surface area contributed by atoms with Crippen molar-refractivity contribution in [2.75, 3.05) is 0 Å². The molecule has 0 fully saturated rings. The fourth-order valence-electron chi connectivity index (χ4n) is 1.13. The highest BCUT2D eigenvalue weighted by Crippen LogP contribution is 2.36. The minimum absolute atomic E-state index is 0.0169. The number of Topliss-reactive ketones (excluding diaryl/α,β-unsaturated/α-hetero) is 1. The zero-order chi connectivity index (χ0) is 13.2. The van der Waals surface area contributed by atoms with E-state index in [9.17, 15) is 18.0 Å². The average Bonchev–Trinajstić information content (AvgIpc) is 2.18. The van der Waals surface area contributed by atoms with Crippen LogP contribution in [-0.4, -0.2) is 12.1 Å². The van der Waals surface area contributed by atoms with Gasteiger partial charge >= 0.3 is 6.36 Å². The fourth-order valence-corrected chi connectivity index (χ4v) is 1.84. The number of benzene rings is 1. The van der Waals surface area contributed by atoms with Crippen molar-refractivity contribution in [2.24, 2.45) is 0 Å². The second kappa shape index (κ2) is 4.75. The van der Waals surface area contributed by atoms with Crippen molar-refractivity contribution in [3.05, 3.63) is 27.7 Å². The molecule has 0 heterocycles. The van der Waals surface area contributed by atoms with E-state index in [1.54, 1.807) is 6.07 Å². The van der Waals surface area contributed by atoms with E-state index in [-0.39, 0.29) is 15.6 Å². The SMILES string of the molecule is CC(=O)c1ccc(C#N)c(OC(F)(F)F)c1Br. The molecule has 0 aliphatic heterocycles. The zero-order valence-electron chi connectivity index (χ0n) is 8.43. The third kappa shape index (κ3) is 3.20. The molecule has 0 aromatic heterocycles. The van der Waals surface area contributed by atoms with Gasteiger partial charge in [0, 0.05) is 5.56 Å². The van der Waals surface area contributed by atoms with Gasteiger partial charge in [0.05, 0.1) is 10.0 Å². The Morgan fingerprint density at radius 3 is 2.47 bits per heavy atom. The predicted molar refractivity (Wildman–Crippen MR) is 55.5 cm³/mol. The van der Waals surface area contributed by atoms with Gasteiger partial charge in [-0.3, -0.25) is 4.79 Å². The van der Waals surface area contributed by atoms with Crippen LogP contribution in [0, 0.1) is 11.3 Å². The molecule has 17 heavy (non-hydrogen) atoms. The number of hydrogen-bond acceptors (Lipinski definition) is 3. The van der Waals surface area contributed by atoms with Crippen molar-refractivity contribution >= 4 is 21.7 Å². The van der Waals surface area contributed by atoms with E-state index in [1.165, 1.54) is 13.0 Å². The molecular formula is C10H5BrF3NO2. The number of rotatable bonds is 2. The molecule has 0 bridgehead atoms. The maximum absolute atomic E-state index is 12.1. The summed E-state index contributed by atoms with van der Waals surface area (Å²) < 4.78 is 39.9. The standard InChI is InChI=1S/C10H5BrF3NO2/c1-5(16)7-3-2-6(4-15)9(8(7)11)17-10(12,13)14/h2-3H,1H3. The van der Waals surface area contributed by atoms with Crippen LogP contribution < -0.4 is 4.74 Å². The van der Waals surface area contributed by atoms with Crippen molar-refractivity contribution in [3.8, 4) is 11.8 Å². The van der Waals surface area contributed by atoms with Gasteiger partial charge in [0.25, 0.3) is 0 Å². The molecule has 0 saturated heterocycles. The van der Waals surface area contributed by atoms with E-state index in [2.05, 4.69) is 20.7 Å². The van der Waals surface area contributed by atoms with Gasteiger partial charge in [0.2, 0.25) is 0 Å². The monoisotopic (exact) mass is 307 g/mol. The van der Waals surface area contributed by atoms with Crippen LogP contribution in [-0.2, 0) is 0 Å². The van der Waals surface area contributed by atoms with E-state index >= 15 is 0 Å². The van der Waals surface area contributed by atoms with Gasteiger partial charge in [-0.2, -0.15) is 5.26 Å². The van der Waals surface area contributed by atoms with Gasteiger partial charge in [-0.1, -0.05) is 0 Å². The molecule has 0 unspecified atom stereocenters. The normalized spacial score (nSPS) is 10.8. The zero-order valence-corrected chi connectivity index (χ0v) is 10.0. The number of nitrogens with zero attached hydrogens (tertiary/aromatic N) is 1. The number of ketones is 1. The molecule has 0 aliphatic rings. The summed E-state index contributed by atoms with van der Waals surface area (Å²) in [7, 11) is 0. The Labute approximate surface area is 103 Å². The summed E-state index contributed by atoms with van der Waals surface area (Å²) in [6, 6.07) is 3.92. The first-order valence-electron chi connectivity index (χ1n) is 4.25. The molecule has 0 amide bonds. The molecule has 3 nitrogen and oxygen atoms in total. The minimum Gasteiger partial charge on any atom is -0.403 e. The number of hydrogen-bond donors (Lipinski definition) is 0. The van der Waals surface area contributed by atoms with E-state index < -0.39 is 17.9 Å². The fraction of sp³-hybridized carbons (Fsp3) is 0.200. The lowest BCUT2D eigenvalue weighted by Gasteiger charge is -2.13. The van der Waals surface area contributed by atoms with Crippen LogP contribution in [0.3, 0.4) is 0 Å². The van der Waals surface area contributed by atoms with Crippen LogP contribution in [0.2, 0.25) is 0 Å². The number of nitriles is 1. The maximum Gasteiger partial charge on any atom is 0.573 e. The molecule has 0 atom stereocenters. The van der Waals surface area contributed by atoms with Crippen molar-refractivity contribution < 1.29 is 22.7 Å². The van der Waals surface area contributed by atoms with Crippen LogP contribution in [0.4, 0.5) is 13.2 Å². The molecule has 0 radical (unpaired) electrons. The highest BCUT2D eigenvalue weighted by atomic mass is 79.9. The topological polar surface area (TPSA) is 50.1 Å². The van der Waals surface area contributed by atoms with Gasteiger partial charge < -0.3 is 4.74 Å². The van der Waals surface area contributed by atoms with Gasteiger partial charge in [0.15, 0.2) is 11.5 Å². The van der Waals surface area contributed by atoms with E-state index in [0.29, 0.717) is 0 Å². The van der Waals surface area contributed by atoms with Crippen molar-refractivity contribution in [2.45, 2.75) is 13.3 Å². The van der Waals surface area contributed by atoms with Crippen molar-refractivity contribution in [1.29, 1.82) is 5.26 Å². The smallest absolute Gasteiger partial charge is 0.403 e. The summed E-state index contributed by atoms with van der Waals surface area (Å²) in [6.45, 7) is 1.20. The van der Waals surface area contributed by atoms with Crippen LogP contribution in [0.5, 0.6) is 5.75 Å². The number of carbonyl (C=O) groups excluding carboxylic acids is 1. The third-order valence-electron chi connectivity index (χ3n) is 1.81. The highest BCUT2D eigenvalue weighted by molar-refractivity contribution is 9.10. The van der Waals surface area contributed by atoms with Crippen molar-refractivity contribution in [3.63, 3.8) is 0 Å². The van der Waals surface area contributed by atoms with Crippen LogP contribution >= 0.6 is 15.9 Å². The Bertz CT molecular complexity index is 505. The first-order valence-corrected chi connectivity index (χ1v) is 5.05. The second-order valence-electron chi connectivity index (χ2n) is 3.02. The summed E-state index contributed by atoms with van der Waals surface area (Å²) >= 11 is 2.83. The lowest BCUT2D eigenvalue weighted by molar-refractivity contribution is -0.275. The highest BCUT2D eigenvalue weighted by Gasteiger charge is 2.34. The van der Waals surface area contributed by atoms with E-state index in [4.69, 9.17) is 5.26 Å². The van der Waals surface area contributed by atoms with E-state index in [1.807, 2.05) is 0 Å². The van der Waals surface area contributed by atoms with Crippen LogP contribution in [0.1, 0.15) is 22.8 Å². The molecule has 1 rings (SSSR count). The summed E-state index contributed by atoms with van der Waals surface area (Å²) in [5.74, 6) is -1.14. The van der Waals surface area contributed by atoms with Gasteiger partial charge in [-0.05, 0) is 35.0 Å². The molecule has 90 valence electrons. The average molecular weight is 308 g/mol. The van der Waals surface area contributed by atoms with Crippen LogP contribution in [0.15, 0.2) is 16.6 Å². The summed E-state index contributed by atoms with van der Waals surface area (Å²) in [6.07, 6.45) is -4.93. The molecule has 7 heteroatoms. The van der Waals surface area contributed by atoms with Gasteiger partial charge in [0.1, 0.15) is 6.07 Å². The molecule has 1 aromatic carbocycles. The number of alkyl halides is 3. The minimum atomic E-state index is -4.93.